The lowest BCUT2D eigenvalue weighted by Crippen LogP contribution is -2.46. The minimum absolute atomic E-state index is 0.0618. The molecule has 3 aliphatic rings. The molecule has 0 radical (unpaired) electrons. The maximum atomic E-state index is 13.8. The van der Waals surface area contributed by atoms with Crippen LogP contribution in [0.2, 0.25) is 18.1 Å². The fourth-order valence-electron chi connectivity index (χ4n) is 8.69. The molecule has 1 N–H and O–H groups in total. The van der Waals surface area contributed by atoms with Crippen LogP contribution in [-0.4, -0.2) is 56.6 Å². The van der Waals surface area contributed by atoms with Crippen LogP contribution in [0.25, 0.3) is 11.1 Å². The number of carbonyl (C=O) groups excluding carboxylic acids is 1. The highest BCUT2D eigenvalue weighted by atomic mass is 28.4. The standard InChI is InChI=1S/C45H68O7Si/c1-45(2,3)53(4,5)52-39(35-20-12-9-13-21-35)30-29-38-37(22-14-6-7-15-23-42(46)47)41(32-40(38)50-43-24-16-17-31-49-43)51-44(48)36-27-25-34(26-28-36)33-18-10-8-11-19-33/h8,10-11,18-19,25-28,35,37-41,43H,6-7,9,12-17,20-24,29-32H2,1-5H3,(H,46,47)/t37-,38-,39+,40?,41+,43?/m1/s1. The Kier molecular flexibility index (Phi) is 15.6. The Balaban J connectivity index is 1.36. The zero-order chi connectivity index (χ0) is 37.8. The van der Waals surface area contributed by atoms with Gasteiger partial charge in [-0.1, -0.05) is 102 Å². The first kappa shape index (κ1) is 41.6. The van der Waals surface area contributed by atoms with Crippen molar-refractivity contribution in [3.63, 3.8) is 0 Å². The van der Waals surface area contributed by atoms with E-state index in [0.717, 1.165) is 75.5 Å². The summed E-state index contributed by atoms with van der Waals surface area (Å²) in [4.78, 5) is 25.0. The molecule has 5 rings (SSSR count). The molecule has 3 fully saturated rings. The number of carbonyl (C=O) groups is 2. The van der Waals surface area contributed by atoms with Crippen LogP contribution in [0, 0.1) is 17.8 Å². The van der Waals surface area contributed by atoms with Crippen molar-refractivity contribution in [2.24, 2.45) is 17.8 Å². The summed E-state index contributed by atoms with van der Waals surface area (Å²) in [6.45, 7) is 12.5. The Morgan fingerprint density at radius 1 is 0.811 bits per heavy atom. The number of benzene rings is 2. The van der Waals surface area contributed by atoms with Crippen LogP contribution in [0.3, 0.4) is 0 Å². The Morgan fingerprint density at radius 3 is 2.13 bits per heavy atom. The van der Waals surface area contributed by atoms with Gasteiger partial charge in [-0.05, 0) is 111 Å². The lowest BCUT2D eigenvalue weighted by atomic mass is 9.80. The SMILES string of the molecule is CC(C)(C)[Si](C)(C)O[C@@H](CC[C@H]1C(OC2CCCCO2)C[C@H](OC(=O)c2ccc(-c3ccccc3)cc2)[C@@H]1CCCCCCC(=O)O)C1CCCCC1. The summed E-state index contributed by atoms with van der Waals surface area (Å²) in [6, 6.07) is 18.0. The van der Waals surface area contributed by atoms with E-state index in [-0.39, 0.29) is 53.9 Å². The monoisotopic (exact) mass is 748 g/mol. The van der Waals surface area contributed by atoms with Gasteiger partial charge >= 0.3 is 11.9 Å². The predicted molar refractivity (Wildman–Crippen MR) is 214 cm³/mol. The second-order valence-corrected chi connectivity index (χ2v) is 22.4. The first-order chi connectivity index (χ1) is 25.4. The van der Waals surface area contributed by atoms with Crippen molar-refractivity contribution in [1.29, 1.82) is 0 Å². The summed E-state index contributed by atoms with van der Waals surface area (Å²) in [5.74, 6) is -0.0689. The fraction of sp³-hybridized carbons (Fsp3) is 0.689. The van der Waals surface area contributed by atoms with Gasteiger partial charge in [-0.3, -0.25) is 4.79 Å². The number of aliphatic carboxylic acids is 1. The molecule has 0 spiro atoms. The molecule has 2 saturated carbocycles. The predicted octanol–water partition coefficient (Wildman–Crippen LogP) is 11.6. The van der Waals surface area contributed by atoms with Gasteiger partial charge in [-0.15, -0.1) is 0 Å². The molecule has 0 amide bonds. The lowest BCUT2D eigenvalue weighted by Gasteiger charge is -2.43. The molecular weight excluding hydrogens is 681 g/mol. The average molecular weight is 749 g/mol. The molecule has 1 saturated heterocycles. The first-order valence-electron chi connectivity index (χ1n) is 20.9. The van der Waals surface area contributed by atoms with E-state index in [9.17, 15) is 9.59 Å². The molecule has 0 aromatic heterocycles. The smallest absolute Gasteiger partial charge is 0.338 e. The Hall–Kier alpha value is -2.52. The minimum atomic E-state index is -2.00. The molecule has 1 heterocycles. The van der Waals surface area contributed by atoms with Crippen LogP contribution in [0.5, 0.6) is 0 Å². The number of hydrogen-bond acceptors (Lipinski definition) is 6. The number of carboxylic acid groups (broad SMARTS) is 1. The summed E-state index contributed by atoms with van der Waals surface area (Å²) in [7, 11) is -2.00. The molecule has 53 heavy (non-hydrogen) atoms. The van der Waals surface area contributed by atoms with Gasteiger partial charge in [0.15, 0.2) is 14.6 Å². The molecule has 0 bridgehead atoms. The van der Waals surface area contributed by atoms with E-state index in [1.165, 1.54) is 32.1 Å². The molecule has 2 unspecified atom stereocenters. The maximum Gasteiger partial charge on any atom is 0.338 e. The summed E-state index contributed by atoms with van der Waals surface area (Å²) < 4.78 is 26.8. The van der Waals surface area contributed by atoms with Crippen LogP contribution in [0.4, 0.5) is 0 Å². The van der Waals surface area contributed by atoms with Gasteiger partial charge in [-0.2, -0.15) is 0 Å². The van der Waals surface area contributed by atoms with Gasteiger partial charge in [-0.25, -0.2) is 4.79 Å². The topological polar surface area (TPSA) is 91.3 Å². The quantitative estimate of drug-likeness (QED) is 0.0922. The third-order valence-corrected chi connectivity index (χ3v) is 17.3. The van der Waals surface area contributed by atoms with Crippen molar-refractivity contribution in [2.45, 2.75) is 173 Å². The Morgan fingerprint density at radius 2 is 1.47 bits per heavy atom. The van der Waals surface area contributed by atoms with Crippen molar-refractivity contribution >= 4 is 20.3 Å². The highest BCUT2D eigenvalue weighted by Crippen LogP contribution is 2.46. The highest BCUT2D eigenvalue weighted by Gasteiger charge is 2.47. The second-order valence-electron chi connectivity index (χ2n) is 17.7. The van der Waals surface area contributed by atoms with Crippen LogP contribution < -0.4 is 0 Å². The number of unbranched alkanes of at least 4 members (excludes halogenated alkanes) is 3. The zero-order valence-electron chi connectivity index (χ0n) is 33.4. The van der Waals surface area contributed by atoms with Crippen LogP contribution >= 0.6 is 0 Å². The third-order valence-electron chi connectivity index (χ3n) is 12.8. The molecule has 7 nitrogen and oxygen atoms in total. The van der Waals surface area contributed by atoms with Gasteiger partial charge in [0.25, 0.3) is 0 Å². The minimum Gasteiger partial charge on any atom is -0.481 e. The van der Waals surface area contributed by atoms with Gasteiger partial charge in [0.05, 0.1) is 11.7 Å². The molecule has 294 valence electrons. The largest absolute Gasteiger partial charge is 0.481 e. The summed E-state index contributed by atoms with van der Waals surface area (Å²) in [6.07, 6.45) is 16.4. The number of carboxylic acids is 1. The van der Waals surface area contributed by atoms with Gasteiger partial charge in [0.2, 0.25) is 0 Å². The van der Waals surface area contributed by atoms with E-state index in [1.54, 1.807) is 0 Å². The number of ether oxygens (including phenoxy) is 3. The van der Waals surface area contributed by atoms with Crippen LogP contribution in [0.1, 0.15) is 140 Å². The van der Waals surface area contributed by atoms with E-state index in [4.69, 9.17) is 23.7 Å². The van der Waals surface area contributed by atoms with Gasteiger partial charge in [0, 0.05) is 31.5 Å². The van der Waals surface area contributed by atoms with Crippen molar-refractivity contribution in [2.75, 3.05) is 6.61 Å². The number of hydrogen-bond donors (Lipinski definition) is 1. The van der Waals surface area contributed by atoms with Gasteiger partial charge in [0.1, 0.15) is 6.10 Å². The molecule has 8 heteroatoms. The lowest BCUT2D eigenvalue weighted by molar-refractivity contribution is -0.196. The van der Waals surface area contributed by atoms with E-state index < -0.39 is 14.3 Å². The van der Waals surface area contributed by atoms with Crippen molar-refractivity contribution < 1.29 is 33.3 Å². The van der Waals surface area contributed by atoms with Crippen molar-refractivity contribution in [3.05, 3.63) is 60.2 Å². The molecule has 2 aliphatic carbocycles. The Labute approximate surface area is 321 Å². The zero-order valence-corrected chi connectivity index (χ0v) is 34.4. The van der Waals surface area contributed by atoms with Gasteiger partial charge < -0.3 is 23.7 Å². The third kappa shape index (κ3) is 12.2. The van der Waals surface area contributed by atoms with E-state index in [0.29, 0.717) is 24.3 Å². The van der Waals surface area contributed by atoms with Crippen LogP contribution in [-0.2, 0) is 23.4 Å². The Bertz CT molecular complexity index is 1390. The normalized spacial score (nSPS) is 24.9. The van der Waals surface area contributed by atoms with Crippen molar-refractivity contribution in [1.82, 2.24) is 0 Å². The van der Waals surface area contributed by atoms with Crippen molar-refractivity contribution in [3.8, 4) is 11.1 Å². The average Bonchev–Trinajstić information content (AvgIpc) is 3.46. The second kappa shape index (κ2) is 19.9. The number of rotatable bonds is 18. The van der Waals surface area contributed by atoms with E-state index in [2.05, 4.69) is 46.0 Å². The summed E-state index contributed by atoms with van der Waals surface area (Å²) in [5, 5.41) is 9.30. The number of esters is 1. The maximum absolute atomic E-state index is 13.8. The summed E-state index contributed by atoms with van der Waals surface area (Å²) in [5.41, 5.74) is 2.74. The molecule has 6 atom stereocenters. The molecular formula is C45H68O7Si. The highest BCUT2D eigenvalue weighted by molar-refractivity contribution is 6.74. The molecule has 2 aromatic rings. The van der Waals surface area contributed by atoms with E-state index >= 15 is 0 Å². The molecule has 1 aliphatic heterocycles. The molecule has 2 aromatic carbocycles. The summed E-state index contributed by atoms with van der Waals surface area (Å²) >= 11 is 0. The van der Waals surface area contributed by atoms with E-state index in [1.807, 2.05) is 42.5 Å². The van der Waals surface area contributed by atoms with Crippen LogP contribution in [0.15, 0.2) is 54.6 Å². The first-order valence-corrected chi connectivity index (χ1v) is 23.9. The fourth-order valence-corrected chi connectivity index (χ4v) is 10.1.